The molecule has 2 unspecified atom stereocenters. The molecule has 2 aliphatic rings. The number of carbonyl (C=O) groups is 1. The van der Waals surface area contributed by atoms with Crippen molar-refractivity contribution in [1.29, 1.82) is 0 Å². The molecule has 22 heavy (non-hydrogen) atoms. The van der Waals surface area contributed by atoms with Gasteiger partial charge in [0.05, 0.1) is 25.4 Å². The van der Waals surface area contributed by atoms with E-state index in [-0.39, 0.29) is 5.91 Å². The Morgan fingerprint density at radius 1 is 1.36 bits per heavy atom. The van der Waals surface area contributed by atoms with Gasteiger partial charge in [-0.25, -0.2) is 4.68 Å². The van der Waals surface area contributed by atoms with Crippen LogP contribution < -0.4 is 5.32 Å². The summed E-state index contributed by atoms with van der Waals surface area (Å²) in [5, 5.41) is 11.3. The van der Waals surface area contributed by atoms with Crippen molar-refractivity contribution < 1.29 is 9.53 Å². The highest BCUT2D eigenvalue weighted by atomic mass is 16.5. The number of nitrogens with zero attached hydrogens (tertiary/aromatic N) is 4. The molecule has 2 bridgehead atoms. The third-order valence-corrected chi connectivity index (χ3v) is 4.78. The Kier molecular flexibility index (Phi) is 4.73. The molecule has 7 heteroatoms. The first-order chi connectivity index (χ1) is 10.7. The molecule has 2 atom stereocenters. The van der Waals surface area contributed by atoms with E-state index in [1.54, 1.807) is 7.11 Å². The van der Waals surface area contributed by atoms with Gasteiger partial charge in [0.15, 0.2) is 0 Å². The Bertz CT molecular complexity index is 504. The van der Waals surface area contributed by atoms with Gasteiger partial charge in [0.25, 0.3) is 0 Å². The second kappa shape index (κ2) is 6.75. The predicted molar refractivity (Wildman–Crippen MR) is 81.2 cm³/mol. The van der Waals surface area contributed by atoms with E-state index in [1.165, 1.54) is 12.8 Å². The summed E-state index contributed by atoms with van der Waals surface area (Å²) in [6, 6.07) is 1.36. The summed E-state index contributed by atoms with van der Waals surface area (Å²) >= 11 is 0. The third kappa shape index (κ3) is 3.15. The van der Waals surface area contributed by atoms with E-state index in [0.29, 0.717) is 37.8 Å². The van der Waals surface area contributed by atoms with E-state index < -0.39 is 0 Å². The number of methoxy groups -OCH3 is 1. The van der Waals surface area contributed by atoms with Gasteiger partial charge >= 0.3 is 0 Å². The van der Waals surface area contributed by atoms with Gasteiger partial charge in [0.1, 0.15) is 5.69 Å². The number of ether oxygens (including phenoxy) is 1. The highest BCUT2D eigenvalue weighted by molar-refractivity contribution is 5.78. The van der Waals surface area contributed by atoms with Crippen molar-refractivity contribution in [1.82, 2.24) is 25.2 Å². The molecule has 3 heterocycles. The fourth-order valence-electron chi connectivity index (χ4n) is 3.84. The van der Waals surface area contributed by atoms with Gasteiger partial charge in [0, 0.05) is 25.7 Å². The molecule has 0 spiro atoms. The van der Waals surface area contributed by atoms with Gasteiger partial charge in [-0.2, -0.15) is 0 Å². The zero-order valence-corrected chi connectivity index (χ0v) is 13.4. The van der Waals surface area contributed by atoms with E-state index >= 15 is 0 Å². The van der Waals surface area contributed by atoms with Crippen molar-refractivity contribution in [2.75, 3.05) is 20.2 Å². The van der Waals surface area contributed by atoms with Crippen LogP contribution in [0.3, 0.4) is 0 Å². The lowest BCUT2D eigenvalue weighted by atomic mass is 9.97. The highest BCUT2D eigenvalue weighted by Gasteiger charge is 2.42. The Morgan fingerprint density at radius 3 is 2.73 bits per heavy atom. The topological polar surface area (TPSA) is 72.3 Å². The van der Waals surface area contributed by atoms with Gasteiger partial charge in [-0.05, 0) is 32.6 Å². The highest BCUT2D eigenvalue weighted by Crippen LogP contribution is 2.40. The van der Waals surface area contributed by atoms with E-state index in [4.69, 9.17) is 4.74 Å². The van der Waals surface area contributed by atoms with Gasteiger partial charge in [-0.15, -0.1) is 5.10 Å². The SMILES string of the molecule is CCNC(=O)CN1C2CCC1CC(n1cc(COC)nn1)C2. The largest absolute Gasteiger partial charge is 0.378 e. The molecule has 3 rings (SSSR count). The minimum absolute atomic E-state index is 0.140. The van der Waals surface area contributed by atoms with Gasteiger partial charge < -0.3 is 10.1 Å². The Balaban J connectivity index is 1.62. The summed E-state index contributed by atoms with van der Waals surface area (Å²) in [4.78, 5) is 14.2. The quantitative estimate of drug-likeness (QED) is 0.839. The lowest BCUT2D eigenvalue weighted by Gasteiger charge is -2.38. The molecule has 1 aromatic heterocycles. The van der Waals surface area contributed by atoms with E-state index in [0.717, 1.165) is 18.5 Å². The molecule has 2 aliphatic heterocycles. The molecule has 1 amide bonds. The number of nitrogens with one attached hydrogen (secondary N) is 1. The first-order valence-electron chi connectivity index (χ1n) is 8.13. The summed E-state index contributed by atoms with van der Waals surface area (Å²) in [5.41, 5.74) is 0.875. The standard InChI is InChI=1S/C15H25N5O2/c1-3-16-15(21)9-19-12-4-5-13(19)7-14(6-12)20-8-11(10-22-2)17-18-20/h8,12-14H,3-7,9-10H2,1-2H3,(H,16,21). The summed E-state index contributed by atoms with van der Waals surface area (Å²) in [5.74, 6) is 0.140. The van der Waals surface area contributed by atoms with Crippen LogP contribution in [0.15, 0.2) is 6.20 Å². The Morgan fingerprint density at radius 2 is 2.09 bits per heavy atom. The van der Waals surface area contributed by atoms with Crippen LogP contribution in [0.5, 0.6) is 0 Å². The van der Waals surface area contributed by atoms with Crippen LogP contribution in [0, 0.1) is 0 Å². The van der Waals surface area contributed by atoms with Gasteiger partial charge in [-0.1, -0.05) is 5.21 Å². The molecule has 0 aromatic carbocycles. The van der Waals surface area contributed by atoms with Crippen molar-refractivity contribution in [3.63, 3.8) is 0 Å². The second-order valence-corrected chi connectivity index (χ2v) is 6.26. The number of likely N-dealkylation sites (N-methyl/N-ethyl adjacent to an activating group) is 1. The summed E-state index contributed by atoms with van der Waals surface area (Å²) in [6.07, 6.45) is 6.45. The second-order valence-electron chi connectivity index (χ2n) is 6.26. The summed E-state index contributed by atoms with van der Waals surface area (Å²) < 4.78 is 7.09. The number of hydrogen-bond donors (Lipinski definition) is 1. The first-order valence-corrected chi connectivity index (χ1v) is 8.13. The van der Waals surface area contributed by atoms with Crippen LogP contribution in [0.2, 0.25) is 0 Å². The number of aromatic nitrogens is 3. The maximum absolute atomic E-state index is 11.9. The van der Waals surface area contributed by atoms with Crippen LogP contribution in [-0.2, 0) is 16.1 Å². The fraction of sp³-hybridized carbons (Fsp3) is 0.800. The normalized spacial score (nSPS) is 28.0. The Hall–Kier alpha value is -1.47. The molecule has 2 saturated heterocycles. The molecule has 2 fully saturated rings. The Labute approximate surface area is 131 Å². The third-order valence-electron chi connectivity index (χ3n) is 4.78. The number of carbonyl (C=O) groups excluding carboxylic acids is 1. The van der Waals surface area contributed by atoms with Crippen molar-refractivity contribution in [3.05, 3.63) is 11.9 Å². The molecule has 0 saturated carbocycles. The lowest BCUT2D eigenvalue weighted by Crippen LogP contribution is -2.48. The van der Waals surface area contributed by atoms with Crippen molar-refractivity contribution in [2.45, 2.75) is 57.3 Å². The van der Waals surface area contributed by atoms with E-state index in [9.17, 15) is 4.79 Å². The average Bonchev–Trinajstić information content (AvgIpc) is 3.03. The maximum Gasteiger partial charge on any atom is 0.234 e. The minimum Gasteiger partial charge on any atom is -0.378 e. The van der Waals surface area contributed by atoms with Gasteiger partial charge in [0.2, 0.25) is 5.91 Å². The van der Waals surface area contributed by atoms with Crippen LogP contribution >= 0.6 is 0 Å². The van der Waals surface area contributed by atoms with Crippen LogP contribution in [0.4, 0.5) is 0 Å². The molecule has 122 valence electrons. The lowest BCUT2D eigenvalue weighted by molar-refractivity contribution is -0.123. The zero-order chi connectivity index (χ0) is 15.5. The number of fused-ring (bicyclic) bond motifs is 2. The minimum atomic E-state index is 0.140. The number of amides is 1. The fourth-order valence-corrected chi connectivity index (χ4v) is 3.84. The van der Waals surface area contributed by atoms with Crippen LogP contribution in [0.25, 0.3) is 0 Å². The maximum atomic E-state index is 11.9. The predicted octanol–water partition coefficient (Wildman–Crippen LogP) is 0.728. The molecular formula is C15H25N5O2. The van der Waals surface area contributed by atoms with Crippen molar-refractivity contribution in [3.8, 4) is 0 Å². The van der Waals surface area contributed by atoms with Crippen LogP contribution in [-0.4, -0.2) is 58.1 Å². The van der Waals surface area contributed by atoms with Crippen molar-refractivity contribution >= 4 is 5.91 Å². The van der Waals surface area contributed by atoms with Crippen molar-refractivity contribution in [2.24, 2.45) is 0 Å². The summed E-state index contributed by atoms with van der Waals surface area (Å²) in [6.45, 7) is 3.69. The molecular weight excluding hydrogens is 282 g/mol. The monoisotopic (exact) mass is 307 g/mol. The molecule has 1 aromatic rings. The number of rotatable bonds is 6. The smallest absolute Gasteiger partial charge is 0.234 e. The van der Waals surface area contributed by atoms with Crippen LogP contribution in [0.1, 0.15) is 44.3 Å². The van der Waals surface area contributed by atoms with E-state index in [1.807, 2.05) is 17.8 Å². The number of piperidine rings is 1. The van der Waals surface area contributed by atoms with E-state index in [2.05, 4.69) is 20.5 Å². The zero-order valence-electron chi connectivity index (χ0n) is 13.4. The first kappa shape index (κ1) is 15.4. The summed E-state index contributed by atoms with van der Waals surface area (Å²) in [7, 11) is 1.67. The molecule has 0 radical (unpaired) electrons. The molecule has 0 aliphatic carbocycles. The van der Waals surface area contributed by atoms with Gasteiger partial charge in [-0.3, -0.25) is 9.69 Å². The average molecular weight is 307 g/mol. The molecule has 7 nitrogen and oxygen atoms in total. The number of hydrogen-bond acceptors (Lipinski definition) is 5. The molecule has 1 N–H and O–H groups in total.